The zero-order valence-electron chi connectivity index (χ0n) is 9.90. The number of nitrogens with zero attached hydrogens (tertiary/aromatic N) is 2. The minimum Gasteiger partial charge on any atom is -0.322 e. The van der Waals surface area contributed by atoms with E-state index in [1.807, 2.05) is 26.8 Å². The van der Waals surface area contributed by atoms with Gasteiger partial charge in [0.15, 0.2) is 0 Å². The molecule has 90 valence electrons. The molecule has 16 heavy (non-hydrogen) atoms. The van der Waals surface area contributed by atoms with Gasteiger partial charge in [-0.1, -0.05) is 20.8 Å². The Labute approximate surface area is 95.2 Å². The van der Waals surface area contributed by atoms with E-state index in [0.717, 1.165) is 0 Å². The van der Waals surface area contributed by atoms with Crippen LogP contribution >= 0.6 is 0 Å². The molecule has 0 bridgehead atoms. The van der Waals surface area contributed by atoms with Crippen LogP contribution in [0.2, 0.25) is 0 Å². The fraction of sp³-hybridized carbons (Fsp3) is 0.818. The van der Waals surface area contributed by atoms with Crippen LogP contribution in [-0.2, 0) is 4.79 Å². The SMILES string of the molecule is CC(C)(C)[C@@H](N)C(=O)N1C[C@H](F)C[C@@H]1C#N. The monoisotopic (exact) mass is 227 g/mol. The van der Waals surface area contributed by atoms with Gasteiger partial charge in [-0.3, -0.25) is 4.79 Å². The summed E-state index contributed by atoms with van der Waals surface area (Å²) in [6.07, 6.45) is -1.01. The standard InChI is InChI=1S/C11H18FN3O/c1-11(2,3)9(14)10(16)15-6-7(12)4-8(15)5-13/h7-9H,4,6,14H2,1-3H3/t7-,8-,9+/m1/s1. The molecule has 1 amide bonds. The van der Waals surface area contributed by atoms with E-state index in [4.69, 9.17) is 11.0 Å². The third kappa shape index (κ3) is 2.50. The number of likely N-dealkylation sites (tertiary alicyclic amines) is 1. The predicted octanol–water partition coefficient (Wildman–Crippen LogP) is 0.822. The van der Waals surface area contributed by atoms with Crippen LogP contribution in [0, 0.1) is 16.7 Å². The summed E-state index contributed by atoms with van der Waals surface area (Å²) in [5, 5.41) is 8.84. The van der Waals surface area contributed by atoms with Crippen LogP contribution in [-0.4, -0.2) is 35.6 Å². The summed E-state index contributed by atoms with van der Waals surface area (Å²) in [5.74, 6) is -0.334. The minimum absolute atomic E-state index is 0.0131. The number of hydrogen-bond acceptors (Lipinski definition) is 3. The highest BCUT2D eigenvalue weighted by Gasteiger charge is 2.40. The van der Waals surface area contributed by atoms with Crippen molar-refractivity contribution in [3.63, 3.8) is 0 Å². The summed E-state index contributed by atoms with van der Waals surface area (Å²) in [5.41, 5.74) is 5.43. The Balaban J connectivity index is 2.79. The van der Waals surface area contributed by atoms with Gasteiger partial charge in [0, 0.05) is 6.42 Å². The number of hydrogen-bond donors (Lipinski definition) is 1. The van der Waals surface area contributed by atoms with Gasteiger partial charge in [-0.25, -0.2) is 4.39 Å². The molecule has 0 saturated carbocycles. The number of nitrogens with two attached hydrogens (primary N) is 1. The Kier molecular flexibility index (Phi) is 3.54. The predicted molar refractivity (Wildman–Crippen MR) is 58.1 cm³/mol. The molecule has 1 rings (SSSR count). The van der Waals surface area contributed by atoms with Gasteiger partial charge in [0.25, 0.3) is 0 Å². The van der Waals surface area contributed by atoms with Crippen molar-refractivity contribution in [3.8, 4) is 6.07 Å². The van der Waals surface area contributed by atoms with Gasteiger partial charge in [0.05, 0.1) is 18.7 Å². The molecule has 0 spiro atoms. The topological polar surface area (TPSA) is 70.1 Å². The first-order valence-electron chi connectivity index (χ1n) is 5.37. The van der Waals surface area contributed by atoms with E-state index in [1.165, 1.54) is 4.90 Å². The fourth-order valence-corrected chi connectivity index (χ4v) is 1.70. The van der Waals surface area contributed by atoms with Gasteiger partial charge >= 0.3 is 0 Å². The first-order chi connectivity index (χ1) is 7.27. The summed E-state index contributed by atoms with van der Waals surface area (Å²) >= 11 is 0. The molecule has 3 atom stereocenters. The second-order valence-electron chi connectivity index (χ2n) is 5.31. The number of alkyl halides is 1. The minimum atomic E-state index is -1.11. The Hall–Kier alpha value is -1.15. The maximum absolute atomic E-state index is 13.1. The molecule has 1 saturated heterocycles. The number of carbonyl (C=O) groups is 1. The van der Waals surface area contributed by atoms with Gasteiger partial charge in [0.1, 0.15) is 12.2 Å². The van der Waals surface area contributed by atoms with Crippen LogP contribution in [0.5, 0.6) is 0 Å². The Bertz CT molecular complexity index is 318. The molecule has 4 nitrogen and oxygen atoms in total. The summed E-state index contributed by atoms with van der Waals surface area (Å²) in [4.78, 5) is 13.3. The van der Waals surface area contributed by atoms with Gasteiger partial charge in [0.2, 0.25) is 5.91 Å². The van der Waals surface area contributed by atoms with Crippen molar-refractivity contribution in [2.75, 3.05) is 6.54 Å². The molecule has 1 heterocycles. The molecule has 0 aliphatic carbocycles. The van der Waals surface area contributed by atoms with Gasteiger partial charge in [-0.05, 0) is 5.41 Å². The van der Waals surface area contributed by atoms with Crippen molar-refractivity contribution in [1.29, 1.82) is 5.26 Å². The van der Waals surface area contributed by atoms with Crippen LogP contribution in [0.1, 0.15) is 27.2 Å². The van der Waals surface area contributed by atoms with Crippen molar-refractivity contribution in [1.82, 2.24) is 4.90 Å². The van der Waals surface area contributed by atoms with Crippen molar-refractivity contribution in [2.24, 2.45) is 11.1 Å². The van der Waals surface area contributed by atoms with E-state index < -0.39 is 18.3 Å². The molecule has 0 unspecified atom stereocenters. The zero-order chi connectivity index (χ0) is 12.5. The van der Waals surface area contributed by atoms with Gasteiger partial charge in [-0.2, -0.15) is 5.26 Å². The molecular weight excluding hydrogens is 209 g/mol. The molecule has 1 aliphatic rings. The molecule has 1 fully saturated rings. The largest absolute Gasteiger partial charge is 0.322 e. The molecule has 1 aliphatic heterocycles. The maximum atomic E-state index is 13.1. The van der Waals surface area contributed by atoms with Crippen molar-refractivity contribution < 1.29 is 9.18 Å². The van der Waals surface area contributed by atoms with E-state index in [-0.39, 0.29) is 24.3 Å². The molecule has 0 aromatic carbocycles. The third-order valence-electron chi connectivity index (χ3n) is 2.88. The lowest BCUT2D eigenvalue weighted by Gasteiger charge is -2.30. The number of carbonyl (C=O) groups excluding carboxylic acids is 1. The van der Waals surface area contributed by atoms with E-state index in [0.29, 0.717) is 0 Å². The summed E-state index contributed by atoms with van der Waals surface area (Å²) < 4.78 is 13.1. The molecule has 0 aromatic heterocycles. The highest BCUT2D eigenvalue weighted by Crippen LogP contribution is 2.25. The zero-order valence-corrected chi connectivity index (χ0v) is 9.90. The Morgan fingerprint density at radius 3 is 2.62 bits per heavy atom. The number of nitriles is 1. The molecule has 2 N–H and O–H groups in total. The average molecular weight is 227 g/mol. The van der Waals surface area contributed by atoms with Crippen molar-refractivity contribution in [3.05, 3.63) is 0 Å². The Morgan fingerprint density at radius 2 is 2.19 bits per heavy atom. The lowest BCUT2D eigenvalue weighted by Crippen LogP contribution is -2.51. The second kappa shape index (κ2) is 4.38. The molecular formula is C11H18FN3O. The molecule has 5 heteroatoms. The summed E-state index contributed by atoms with van der Waals surface area (Å²) in [7, 11) is 0. The van der Waals surface area contributed by atoms with Gasteiger partial charge in [-0.15, -0.1) is 0 Å². The van der Waals surface area contributed by atoms with Crippen LogP contribution in [0.4, 0.5) is 4.39 Å². The number of amides is 1. The van der Waals surface area contributed by atoms with E-state index in [2.05, 4.69) is 0 Å². The lowest BCUT2D eigenvalue weighted by molar-refractivity contribution is -0.135. The second-order valence-corrected chi connectivity index (χ2v) is 5.31. The van der Waals surface area contributed by atoms with Crippen LogP contribution in [0.25, 0.3) is 0 Å². The highest BCUT2D eigenvalue weighted by molar-refractivity contribution is 5.83. The third-order valence-corrected chi connectivity index (χ3v) is 2.88. The summed E-state index contributed by atoms with van der Waals surface area (Å²) in [6, 6.07) is 0.570. The highest BCUT2D eigenvalue weighted by atomic mass is 19.1. The van der Waals surface area contributed by atoms with Crippen LogP contribution in [0.15, 0.2) is 0 Å². The average Bonchev–Trinajstić information content (AvgIpc) is 2.55. The quantitative estimate of drug-likeness (QED) is 0.721. The Morgan fingerprint density at radius 1 is 1.62 bits per heavy atom. The number of rotatable bonds is 1. The fourth-order valence-electron chi connectivity index (χ4n) is 1.70. The van der Waals surface area contributed by atoms with Crippen molar-refractivity contribution in [2.45, 2.75) is 45.4 Å². The first kappa shape index (κ1) is 12.9. The molecule has 0 radical (unpaired) electrons. The first-order valence-corrected chi connectivity index (χ1v) is 5.37. The number of halogens is 1. The van der Waals surface area contributed by atoms with E-state index in [1.54, 1.807) is 0 Å². The van der Waals surface area contributed by atoms with Crippen LogP contribution < -0.4 is 5.73 Å². The smallest absolute Gasteiger partial charge is 0.241 e. The van der Waals surface area contributed by atoms with E-state index >= 15 is 0 Å². The normalized spacial score (nSPS) is 27.6. The van der Waals surface area contributed by atoms with E-state index in [9.17, 15) is 9.18 Å². The summed E-state index contributed by atoms with van der Waals surface area (Å²) in [6.45, 7) is 5.53. The van der Waals surface area contributed by atoms with Gasteiger partial charge < -0.3 is 10.6 Å². The van der Waals surface area contributed by atoms with Crippen LogP contribution in [0.3, 0.4) is 0 Å². The molecule has 0 aromatic rings. The maximum Gasteiger partial charge on any atom is 0.241 e. The van der Waals surface area contributed by atoms with Crippen molar-refractivity contribution >= 4 is 5.91 Å². The lowest BCUT2D eigenvalue weighted by atomic mass is 9.86.